The van der Waals surface area contributed by atoms with Gasteiger partial charge in [0.05, 0.1) is 0 Å². The second-order valence-corrected chi connectivity index (χ2v) is 4.21. The molecule has 0 aromatic heterocycles. The number of carboxylic acids is 1. The third kappa shape index (κ3) is 3.72. The smallest absolute Gasteiger partial charge is 0.329 e. The molecule has 17 heavy (non-hydrogen) atoms. The molecule has 2 rings (SSSR count). The Hall–Kier alpha value is -1.59. The zero-order chi connectivity index (χ0) is 12.8. The predicted molar refractivity (Wildman–Crippen MR) is 66.5 cm³/mol. The minimum Gasteiger partial charge on any atom is -0.480 e. The molecule has 1 aliphatic rings. The molecule has 0 radical (unpaired) electrons. The highest BCUT2D eigenvalue weighted by atomic mass is 32.2. The molecule has 90 valence electrons. The molecule has 0 spiro atoms. The van der Waals surface area contributed by atoms with Crippen LogP contribution < -0.4 is 0 Å². The largest absolute Gasteiger partial charge is 0.480 e. The average molecular weight is 252 g/mol. The summed E-state index contributed by atoms with van der Waals surface area (Å²) in [6, 6.07) is 7.92. The molecule has 2 N–H and O–H groups in total. The van der Waals surface area contributed by atoms with E-state index in [2.05, 4.69) is 6.58 Å². The van der Waals surface area contributed by atoms with E-state index in [0.717, 1.165) is 11.3 Å². The van der Waals surface area contributed by atoms with Gasteiger partial charge in [-0.3, -0.25) is 4.79 Å². The van der Waals surface area contributed by atoms with Crippen molar-refractivity contribution in [3.8, 4) is 0 Å². The van der Waals surface area contributed by atoms with E-state index in [0.29, 0.717) is 5.57 Å². The van der Waals surface area contributed by atoms with Crippen LogP contribution in [0.3, 0.4) is 0 Å². The molecule has 1 aliphatic heterocycles. The van der Waals surface area contributed by atoms with Gasteiger partial charge >= 0.3 is 5.97 Å². The van der Waals surface area contributed by atoms with Crippen molar-refractivity contribution in [2.24, 2.45) is 0 Å². The monoisotopic (exact) mass is 252 g/mol. The maximum Gasteiger partial charge on any atom is 0.329 e. The number of aliphatic carboxylic acids is 1. The summed E-state index contributed by atoms with van der Waals surface area (Å²) < 4.78 is 0. The molecule has 1 aromatic carbocycles. The van der Waals surface area contributed by atoms with Gasteiger partial charge in [0.25, 0.3) is 0 Å². The summed E-state index contributed by atoms with van der Waals surface area (Å²) in [5, 5.41) is 15.1. The Labute approximate surface area is 103 Å². The first-order chi connectivity index (χ1) is 8.06. The maximum absolute atomic E-state index is 11.2. The van der Waals surface area contributed by atoms with Crippen LogP contribution in [0.5, 0.6) is 0 Å². The van der Waals surface area contributed by atoms with E-state index in [1.165, 1.54) is 17.3 Å². The normalized spacial score (nSPS) is 13.5. The summed E-state index contributed by atoms with van der Waals surface area (Å²) in [4.78, 5) is 20.3. The standard InChI is InChI=1S/C10H8OS.C2H4O3/c1-7-9-5-3-2-4-8(9)6-12-10(7)11;3-1-2(4)5/h2-5H,1,6H2;3H,1H2,(H,4,5). The molecule has 0 aliphatic carbocycles. The van der Waals surface area contributed by atoms with E-state index < -0.39 is 12.6 Å². The number of aliphatic hydroxyl groups is 1. The lowest BCUT2D eigenvalue weighted by molar-refractivity contribution is -0.140. The van der Waals surface area contributed by atoms with Crippen LogP contribution in [0, 0.1) is 0 Å². The Kier molecular flexibility index (Phi) is 4.93. The number of carbonyl (C=O) groups is 2. The van der Waals surface area contributed by atoms with Crippen molar-refractivity contribution in [1.82, 2.24) is 0 Å². The van der Waals surface area contributed by atoms with Crippen LogP contribution in [0.2, 0.25) is 0 Å². The highest BCUT2D eigenvalue weighted by molar-refractivity contribution is 8.14. The minimum absolute atomic E-state index is 0.105. The van der Waals surface area contributed by atoms with Gasteiger partial charge in [-0.05, 0) is 11.1 Å². The van der Waals surface area contributed by atoms with E-state index in [1.54, 1.807) is 0 Å². The van der Waals surface area contributed by atoms with Crippen molar-refractivity contribution in [3.05, 3.63) is 42.0 Å². The number of rotatable bonds is 1. The van der Waals surface area contributed by atoms with Gasteiger partial charge in [0, 0.05) is 11.3 Å². The van der Waals surface area contributed by atoms with Crippen LogP contribution in [0.1, 0.15) is 11.1 Å². The van der Waals surface area contributed by atoms with Crippen LogP contribution in [-0.2, 0) is 15.3 Å². The summed E-state index contributed by atoms with van der Waals surface area (Å²) in [6.45, 7) is 2.99. The predicted octanol–water partition coefficient (Wildman–Crippen LogP) is 1.54. The molecule has 1 heterocycles. The van der Waals surface area contributed by atoms with E-state index in [-0.39, 0.29) is 5.12 Å². The fourth-order valence-electron chi connectivity index (χ4n) is 1.28. The van der Waals surface area contributed by atoms with Crippen LogP contribution in [0.4, 0.5) is 0 Å². The Morgan fingerprint density at radius 2 is 2.00 bits per heavy atom. The average Bonchev–Trinajstić information content (AvgIpc) is 2.35. The molecule has 0 unspecified atom stereocenters. The van der Waals surface area contributed by atoms with Gasteiger partial charge in [-0.2, -0.15) is 0 Å². The lowest BCUT2D eigenvalue weighted by atomic mass is 10.0. The molecule has 5 heteroatoms. The van der Waals surface area contributed by atoms with Gasteiger partial charge in [-0.1, -0.05) is 42.6 Å². The third-order valence-electron chi connectivity index (χ3n) is 2.08. The fraction of sp³-hybridized carbons (Fsp3) is 0.167. The second-order valence-electron chi connectivity index (χ2n) is 3.26. The highest BCUT2D eigenvalue weighted by Crippen LogP contribution is 2.32. The zero-order valence-corrected chi connectivity index (χ0v) is 9.87. The summed E-state index contributed by atoms with van der Waals surface area (Å²) in [5.41, 5.74) is 2.87. The topological polar surface area (TPSA) is 74.6 Å². The first kappa shape index (κ1) is 13.5. The van der Waals surface area contributed by atoms with Gasteiger partial charge in [-0.25, -0.2) is 4.79 Å². The van der Waals surface area contributed by atoms with Crippen LogP contribution in [-0.4, -0.2) is 27.9 Å². The van der Waals surface area contributed by atoms with Crippen LogP contribution in [0.25, 0.3) is 5.57 Å². The number of carbonyl (C=O) groups excluding carboxylic acids is 1. The van der Waals surface area contributed by atoms with Crippen molar-refractivity contribution < 1.29 is 19.8 Å². The zero-order valence-electron chi connectivity index (χ0n) is 9.05. The van der Waals surface area contributed by atoms with E-state index in [1.807, 2.05) is 24.3 Å². The number of thioether (sulfide) groups is 1. The maximum atomic E-state index is 11.2. The van der Waals surface area contributed by atoms with Crippen molar-refractivity contribution >= 4 is 28.4 Å². The third-order valence-corrected chi connectivity index (χ3v) is 3.05. The van der Waals surface area contributed by atoms with Crippen molar-refractivity contribution in [3.63, 3.8) is 0 Å². The molecule has 0 atom stereocenters. The van der Waals surface area contributed by atoms with Crippen LogP contribution in [0.15, 0.2) is 30.8 Å². The van der Waals surface area contributed by atoms with Gasteiger partial charge in [0.2, 0.25) is 5.12 Å². The molecule has 0 saturated heterocycles. The molecule has 0 fully saturated rings. The number of hydrogen-bond acceptors (Lipinski definition) is 4. The highest BCUT2D eigenvalue weighted by Gasteiger charge is 2.18. The summed E-state index contributed by atoms with van der Waals surface area (Å²) in [6.07, 6.45) is 0. The van der Waals surface area contributed by atoms with E-state index in [9.17, 15) is 4.79 Å². The number of fused-ring (bicyclic) bond motifs is 1. The summed E-state index contributed by atoms with van der Waals surface area (Å²) in [7, 11) is 0. The molecule has 1 aromatic rings. The van der Waals surface area contributed by atoms with E-state index in [4.69, 9.17) is 15.0 Å². The van der Waals surface area contributed by atoms with Gasteiger partial charge < -0.3 is 10.2 Å². The van der Waals surface area contributed by atoms with Gasteiger partial charge in [0.15, 0.2) is 0 Å². The van der Waals surface area contributed by atoms with Gasteiger partial charge in [-0.15, -0.1) is 0 Å². The SMILES string of the molecule is C=C1C(=O)SCc2ccccc21.O=C(O)CO. The fourth-order valence-corrected chi connectivity index (χ4v) is 2.10. The lowest BCUT2D eigenvalue weighted by Gasteiger charge is -2.15. The Bertz CT molecular complexity index is 454. The number of carboxylic acid groups (broad SMARTS) is 1. The Morgan fingerprint density at radius 1 is 1.41 bits per heavy atom. The van der Waals surface area contributed by atoms with Crippen molar-refractivity contribution in [2.75, 3.05) is 6.61 Å². The Morgan fingerprint density at radius 3 is 2.59 bits per heavy atom. The molecule has 0 amide bonds. The lowest BCUT2D eigenvalue weighted by Crippen LogP contribution is -2.05. The van der Waals surface area contributed by atoms with Crippen LogP contribution >= 0.6 is 11.8 Å². The number of benzene rings is 1. The molecule has 0 bridgehead atoms. The minimum atomic E-state index is -1.19. The molecular weight excluding hydrogens is 240 g/mol. The van der Waals surface area contributed by atoms with Crippen molar-refractivity contribution in [1.29, 1.82) is 0 Å². The Balaban J connectivity index is 0.000000249. The number of hydrogen-bond donors (Lipinski definition) is 2. The van der Waals surface area contributed by atoms with Gasteiger partial charge in [0.1, 0.15) is 6.61 Å². The van der Waals surface area contributed by atoms with E-state index >= 15 is 0 Å². The summed E-state index contributed by atoms with van der Waals surface area (Å²) in [5.74, 6) is -0.404. The first-order valence-corrected chi connectivity index (χ1v) is 5.81. The quantitative estimate of drug-likeness (QED) is 0.741. The summed E-state index contributed by atoms with van der Waals surface area (Å²) >= 11 is 1.33. The van der Waals surface area contributed by atoms with Crippen molar-refractivity contribution in [2.45, 2.75) is 5.75 Å². The molecular formula is C12H12O4S. The first-order valence-electron chi connectivity index (χ1n) is 4.83. The number of aliphatic hydroxyl groups excluding tert-OH is 1. The second kappa shape index (κ2) is 6.22. The molecule has 0 saturated carbocycles. The molecule has 4 nitrogen and oxygen atoms in total.